The molecular weight excluding hydrogens is 454 g/mol. The van der Waals surface area contributed by atoms with Crippen molar-refractivity contribution in [1.82, 2.24) is 19.8 Å². The Morgan fingerprint density at radius 3 is 2.47 bits per heavy atom. The van der Waals surface area contributed by atoms with Gasteiger partial charge in [0.25, 0.3) is 11.9 Å². The Bertz CT molecular complexity index is 1220. The molecule has 9 nitrogen and oxygen atoms in total. The number of aromatic nitrogens is 2. The molecule has 3 aromatic rings. The summed E-state index contributed by atoms with van der Waals surface area (Å²) in [5.74, 6) is -0.103. The van der Waals surface area contributed by atoms with Crippen molar-refractivity contribution in [2.75, 3.05) is 32.1 Å². The number of amides is 2. The number of piperazine rings is 1. The van der Waals surface area contributed by atoms with Crippen LogP contribution < -0.4 is 4.90 Å². The Balaban J connectivity index is 1.47. The number of hydrogen-bond acceptors (Lipinski definition) is 8. The van der Waals surface area contributed by atoms with Crippen LogP contribution >= 0.6 is 11.3 Å². The van der Waals surface area contributed by atoms with Crippen molar-refractivity contribution in [2.24, 2.45) is 0 Å². The van der Waals surface area contributed by atoms with Crippen molar-refractivity contribution in [3.63, 3.8) is 0 Å². The molecule has 1 aromatic carbocycles. The zero-order chi connectivity index (χ0) is 24.2. The second-order valence-corrected chi connectivity index (χ2v) is 11.0. The summed E-state index contributed by atoms with van der Waals surface area (Å²) in [6.07, 6.45) is 3.32. The second-order valence-electron chi connectivity index (χ2n) is 10.1. The third-order valence-corrected chi connectivity index (χ3v) is 6.96. The molecule has 2 aromatic heterocycles. The smallest absolute Gasteiger partial charge is 0.410 e. The van der Waals surface area contributed by atoms with E-state index in [2.05, 4.69) is 9.88 Å². The third-order valence-electron chi connectivity index (χ3n) is 6.15. The zero-order valence-electron chi connectivity index (χ0n) is 20.1. The summed E-state index contributed by atoms with van der Waals surface area (Å²) in [5.41, 5.74) is 2.00. The first kappa shape index (κ1) is 22.6. The molecule has 2 atom stereocenters. The number of carbonyl (C=O) groups excluding carboxylic acids is 2. The maximum absolute atomic E-state index is 12.8. The molecule has 0 spiro atoms. The molecule has 0 N–H and O–H groups in total. The Kier molecular flexibility index (Phi) is 5.50. The van der Waals surface area contributed by atoms with E-state index in [1.165, 1.54) is 11.3 Å². The molecule has 2 aliphatic rings. The maximum Gasteiger partial charge on any atom is 0.410 e. The van der Waals surface area contributed by atoms with Crippen molar-refractivity contribution in [3.05, 3.63) is 29.3 Å². The van der Waals surface area contributed by atoms with Gasteiger partial charge < -0.3 is 19.0 Å². The molecule has 2 amide bonds. The fourth-order valence-corrected chi connectivity index (χ4v) is 5.38. The lowest BCUT2D eigenvalue weighted by molar-refractivity contribution is 0.0120. The molecule has 180 valence electrons. The number of ether oxygens (including phenoxy) is 1. The lowest BCUT2D eigenvalue weighted by atomic mass is 10.1. The van der Waals surface area contributed by atoms with Crippen LogP contribution in [0.25, 0.3) is 21.7 Å². The van der Waals surface area contributed by atoms with Crippen LogP contribution in [0.1, 0.15) is 44.0 Å². The number of rotatable bonds is 3. The van der Waals surface area contributed by atoms with Gasteiger partial charge in [-0.2, -0.15) is 4.98 Å². The SMILES string of the molecule is CN(C)C(=O)c1cc(-c2nccs2)c2oc(N3CC4CCC(C3)N4C(=O)OC(C)(C)C)nc2c1. The highest BCUT2D eigenvalue weighted by molar-refractivity contribution is 7.13. The number of benzene rings is 1. The Labute approximate surface area is 202 Å². The van der Waals surface area contributed by atoms with E-state index in [9.17, 15) is 9.59 Å². The van der Waals surface area contributed by atoms with Crippen LogP contribution in [-0.4, -0.2) is 76.6 Å². The van der Waals surface area contributed by atoms with E-state index in [1.54, 1.807) is 31.3 Å². The van der Waals surface area contributed by atoms with Gasteiger partial charge in [0.2, 0.25) is 0 Å². The van der Waals surface area contributed by atoms with Crippen molar-refractivity contribution >= 4 is 40.5 Å². The lowest BCUT2D eigenvalue weighted by Crippen LogP contribution is -2.56. The van der Waals surface area contributed by atoms with Gasteiger partial charge in [-0.25, -0.2) is 9.78 Å². The van der Waals surface area contributed by atoms with Gasteiger partial charge in [-0.15, -0.1) is 11.3 Å². The van der Waals surface area contributed by atoms with Crippen LogP contribution in [0, 0.1) is 0 Å². The molecule has 0 saturated carbocycles. The number of thiazole rings is 1. The van der Waals surface area contributed by atoms with E-state index in [-0.39, 0.29) is 24.1 Å². The minimum absolute atomic E-state index is 0.0490. The molecule has 5 rings (SSSR count). The average molecular weight is 484 g/mol. The van der Waals surface area contributed by atoms with Crippen molar-refractivity contribution in [1.29, 1.82) is 0 Å². The van der Waals surface area contributed by atoms with Crippen LogP contribution in [-0.2, 0) is 4.74 Å². The standard InChI is InChI=1S/C24H29N5O4S/c1-24(2,3)33-23(31)29-15-6-7-16(29)13-28(12-15)22-26-18-11-14(21(30)27(4)5)10-17(19(18)32-22)20-25-8-9-34-20/h8-11,15-16H,6-7,12-13H2,1-5H3. The maximum atomic E-state index is 12.8. The quantitative estimate of drug-likeness (QED) is 0.550. The largest absolute Gasteiger partial charge is 0.444 e. The van der Waals surface area contributed by atoms with E-state index in [4.69, 9.17) is 14.1 Å². The lowest BCUT2D eigenvalue weighted by Gasteiger charge is -2.40. The zero-order valence-corrected chi connectivity index (χ0v) is 20.9. The van der Waals surface area contributed by atoms with Crippen molar-refractivity contribution in [2.45, 2.75) is 51.3 Å². The Morgan fingerprint density at radius 1 is 1.18 bits per heavy atom. The fourth-order valence-electron chi connectivity index (χ4n) is 4.73. The van der Waals surface area contributed by atoms with Gasteiger partial charge in [-0.3, -0.25) is 9.69 Å². The Hall–Kier alpha value is -3.14. The van der Waals surface area contributed by atoms with Crippen LogP contribution in [0.15, 0.2) is 28.1 Å². The molecule has 0 radical (unpaired) electrons. The van der Waals surface area contributed by atoms with E-state index >= 15 is 0 Å². The molecule has 2 saturated heterocycles. The summed E-state index contributed by atoms with van der Waals surface area (Å²) in [7, 11) is 3.45. The minimum Gasteiger partial charge on any atom is -0.444 e. The Morgan fingerprint density at radius 2 is 1.88 bits per heavy atom. The van der Waals surface area contributed by atoms with Gasteiger partial charge in [0, 0.05) is 44.3 Å². The van der Waals surface area contributed by atoms with E-state index in [0.717, 1.165) is 23.4 Å². The molecule has 2 aliphatic heterocycles. The summed E-state index contributed by atoms with van der Waals surface area (Å²) in [4.78, 5) is 40.2. The van der Waals surface area contributed by atoms with Crippen LogP contribution in [0.4, 0.5) is 10.8 Å². The van der Waals surface area contributed by atoms with E-state index < -0.39 is 5.60 Å². The molecule has 2 fully saturated rings. The summed E-state index contributed by atoms with van der Waals surface area (Å²) >= 11 is 1.49. The van der Waals surface area contributed by atoms with Gasteiger partial charge in [0.15, 0.2) is 5.58 Å². The number of nitrogens with zero attached hydrogens (tertiary/aromatic N) is 5. The van der Waals surface area contributed by atoms with E-state index in [1.807, 2.05) is 37.1 Å². The topological polar surface area (TPSA) is 92.0 Å². The van der Waals surface area contributed by atoms with Crippen LogP contribution in [0.5, 0.6) is 0 Å². The molecular formula is C24H29N5O4S. The first-order chi connectivity index (χ1) is 16.1. The highest BCUT2D eigenvalue weighted by Crippen LogP contribution is 2.38. The summed E-state index contributed by atoms with van der Waals surface area (Å²) in [6, 6.07) is 4.19. The van der Waals surface area contributed by atoms with Crippen molar-refractivity contribution < 1.29 is 18.7 Å². The number of hydrogen-bond donors (Lipinski definition) is 0. The average Bonchev–Trinajstić information content (AvgIpc) is 3.49. The normalized spacial score (nSPS) is 20.1. The summed E-state index contributed by atoms with van der Waals surface area (Å²) in [6.45, 7) is 6.90. The predicted octanol–water partition coefficient (Wildman–Crippen LogP) is 4.24. The number of anilines is 1. The minimum atomic E-state index is -0.526. The first-order valence-electron chi connectivity index (χ1n) is 11.4. The predicted molar refractivity (Wildman–Crippen MR) is 130 cm³/mol. The second kappa shape index (κ2) is 8.26. The molecule has 2 unspecified atom stereocenters. The van der Waals surface area contributed by atoms with Crippen molar-refractivity contribution in [3.8, 4) is 10.6 Å². The highest BCUT2D eigenvalue weighted by atomic mass is 32.1. The van der Waals surface area contributed by atoms with Gasteiger partial charge in [-0.05, 0) is 45.7 Å². The molecule has 10 heteroatoms. The summed E-state index contributed by atoms with van der Waals surface area (Å²) < 4.78 is 11.9. The summed E-state index contributed by atoms with van der Waals surface area (Å²) in [5, 5.41) is 2.67. The number of carbonyl (C=O) groups is 2. The molecule has 2 bridgehead atoms. The molecule has 4 heterocycles. The van der Waals surface area contributed by atoms with Gasteiger partial charge >= 0.3 is 6.09 Å². The van der Waals surface area contributed by atoms with Crippen LogP contribution in [0.2, 0.25) is 0 Å². The highest BCUT2D eigenvalue weighted by Gasteiger charge is 2.45. The third kappa shape index (κ3) is 4.11. The first-order valence-corrected chi connectivity index (χ1v) is 12.3. The van der Waals surface area contributed by atoms with Gasteiger partial charge in [0.1, 0.15) is 16.1 Å². The number of oxazole rings is 1. The number of fused-ring (bicyclic) bond motifs is 3. The monoisotopic (exact) mass is 483 g/mol. The van der Waals surface area contributed by atoms with E-state index in [0.29, 0.717) is 35.8 Å². The van der Waals surface area contributed by atoms with Crippen LogP contribution in [0.3, 0.4) is 0 Å². The molecule has 0 aliphatic carbocycles. The van der Waals surface area contributed by atoms with Gasteiger partial charge in [-0.1, -0.05) is 0 Å². The molecule has 34 heavy (non-hydrogen) atoms. The fraction of sp³-hybridized carbons (Fsp3) is 0.500. The van der Waals surface area contributed by atoms with Gasteiger partial charge in [0.05, 0.1) is 17.6 Å².